The summed E-state index contributed by atoms with van der Waals surface area (Å²) in [6.07, 6.45) is 78.6. The summed E-state index contributed by atoms with van der Waals surface area (Å²) in [5.41, 5.74) is 0. The van der Waals surface area contributed by atoms with Gasteiger partial charge in [0, 0.05) is 6.42 Å². The van der Waals surface area contributed by atoms with Crippen molar-refractivity contribution in [2.24, 2.45) is 0 Å². The summed E-state index contributed by atoms with van der Waals surface area (Å²) in [5.74, 6) is -0.189. The van der Waals surface area contributed by atoms with Crippen LogP contribution >= 0.6 is 7.82 Å². The van der Waals surface area contributed by atoms with Crippen LogP contribution in [-0.4, -0.2) is 73.4 Å². The summed E-state index contributed by atoms with van der Waals surface area (Å²) < 4.78 is 23.7. The Morgan fingerprint density at radius 3 is 1.24 bits per heavy atom. The largest absolute Gasteiger partial charge is 0.472 e. The van der Waals surface area contributed by atoms with Gasteiger partial charge < -0.3 is 19.8 Å². The molecule has 0 bridgehead atoms. The maximum absolute atomic E-state index is 13.0. The number of rotatable bonds is 56. The highest BCUT2D eigenvalue weighted by Gasteiger charge is 2.27. The summed E-state index contributed by atoms with van der Waals surface area (Å²) in [4.78, 5) is 23.3. The lowest BCUT2D eigenvalue weighted by atomic mass is 10.0. The average Bonchev–Trinajstić information content (AvgIpc) is 3.36. The predicted octanol–water partition coefficient (Wildman–Crippen LogP) is 19.2. The number of likely N-dealkylation sites (N-methyl/N-ethyl adjacent to an activating group) is 1. The van der Waals surface area contributed by atoms with Gasteiger partial charge in [0.25, 0.3) is 0 Å². The molecule has 9 heteroatoms. The lowest BCUT2D eigenvalue weighted by molar-refractivity contribution is -0.870. The van der Waals surface area contributed by atoms with Crippen molar-refractivity contribution in [3.8, 4) is 0 Å². The predicted molar refractivity (Wildman–Crippen MR) is 323 cm³/mol. The van der Waals surface area contributed by atoms with Gasteiger partial charge in [0.15, 0.2) is 0 Å². The van der Waals surface area contributed by atoms with E-state index in [-0.39, 0.29) is 19.1 Å². The van der Waals surface area contributed by atoms with Crippen molar-refractivity contribution in [3.05, 3.63) is 85.1 Å². The molecule has 74 heavy (non-hydrogen) atoms. The van der Waals surface area contributed by atoms with Crippen molar-refractivity contribution in [3.63, 3.8) is 0 Å². The van der Waals surface area contributed by atoms with Crippen LogP contribution in [0.15, 0.2) is 85.1 Å². The van der Waals surface area contributed by atoms with Crippen LogP contribution in [0.25, 0.3) is 0 Å². The van der Waals surface area contributed by atoms with Crippen LogP contribution in [-0.2, 0) is 18.4 Å². The second kappa shape index (κ2) is 55.4. The number of phosphoric ester groups is 1. The van der Waals surface area contributed by atoms with Gasteiger partial charge in [-0.25, -0.2) is 4.57 Å². The van der Waals surface area contributed by atoms with Crippen LogP contribution < -0.4 is 5.32 Å². The third-order valence-corrected chi connectivity index (χ3v) is 14.6. The third-order valence-electron chi connectivity index (χ3n) is 13.6. The van der Waals surface area contributed by atoms with E-state index in [1.807, 2.05) is 27.2 Å². The quantitative estimate of drug-likeness (QED) is 0.0243. The van der Waals surface area contributed by atoms with E-state index in [1.165, 1.54) is 180 Å². The second-order valence-electron chi connectivity index (χ2n) is 22.0. The minimum atomic E-state index is -4.36. The zero-order valence-electron chi connectivity index (χ0n) is 49.1. The molecule has 8 nitrogen and oxygen atoms in total. The molecule has 0 saturated heterocycles. The number of carbonyl (C=O) groups is 1. The van der Waals surface area contributed by atoms with Crippen LogP contribution in [0, 0.1) is 0 Å². The van der Waals surface area contributed by atoms with Gasteiger partial charge in [0.2, 0.25) is 5.91 Å². The average molecular weight is 1060 g/mol. The van der Waals surface area contributed by atoms with Crippen molar-refractivity contribution in [1.29, 1.82) is 0 Å². The van der Waals surface area contributed by atoms with Crippen molar-refractivity contribution in [2.75, 3.05) is 40.9 Å². The van der Waals surface area contributed by atoms with Crippen LogP contribution in [0.3, 0.4) is 0 Å². The van der Waals surface area contributed by atoms with E-state index >= 15 is 0 Å². The smallest absolute Gasteiger partial charge is 0.387 e. The van der Waals surface area contributed by atoms with Gasteiger partial charge in [-0.2, -0.15) is 0 Å². The van der Waals surface area contributed by atoms with Crippen molar-refractivity contribution >= 4 is 13.7 Å². The molecule has 0 aromatic carbocycles. The maximum Gasteiger partial charge on any atom is 0.472 e. The van der Waals surface area contributed by atoms with Crippen molar-refractivity contribution in [2.45, 2.75) is 283 Å². The molecule has 0 heterocycles. The number of nitrogens with zero attached hydrogens (tertiary/aromatic N) is 1. The first kappa shape index (κ1) is 71.7. The van der Waals surface area contributed by atoms with E-state index in [1.54, 1.807) is 6.08 Å². The number of allylic oxidation sites excluding steroid dienone is 13. The van der Waals surface area contributed by atoms with Gasteiger partial charge in [-0.05, 0) is 83.5 Å². The summed E-state index contributed by atoms with van der Waals surface area (Å²) >= 11 is 0. The summed E-state index contributed by atoms with van der Waals surface area (Å²) in [5, 5.41) is 13.9. The molecule has 0 saturated carbocycles. The maximum atomic E-state index is 13.0. The minimum Gasteiger partial charge on any atom is -0.387 e. The van der Waals surface area contributed by atoms with Crippen molar-refractivity contribution in [1.82, 2.24) is 5.32 Å². The fourth-order valence-electron chi connectivity index (χ4n) is 8.77. The van der Waals surface area contributed by atoms with Gasteiger partial charge in [0.05, 0.1) is 39.9 Å². The Hall–Kier alpha value is -2.32. The second-order valence-corrected chi connectivity index (χ2v) is 23.5. The van der Waals surface area contributed by atoms with Crippen LogP contribution in [0.5, 0.6) is 0 Å². The van der Waals surface area contributed by atoms with Gasteiger partial charge in [0.1, 0.15) is 13.2 Å². The SMILES string of the molecule is CC/C=C\C/C=C\C/C=C\C/C=C\CCCCCCCCCCCCCCCCCCCCCCCCC(=O)NC(COP(=O)(O)OCC[N+](C)(C)C)C(O)/C=C/CC/C=C/CC/C=C/CCCCCCCCC. The summed E-state index contributed by atoms with van der Waals surface area (Å²) in [6.45, 7) is 4.68. The molecule has 3 atom stereocenters. The molecular weight excluding hydrogens is 936 g/mol. The lowest BCUT2D eigenvalue weighted by Crippen LogP contribution is -2.45. The molecule has 3 unspecified atom stereocenters. The monoisotopic (exact) mass is 1060 g/mol. The molecule has 0 aliphatic carbocycles. The number of hydrogen-bond donors (Lipinski definition) is 3. The number of nitrogens with one attached hydrogen (secondary N) is 1. The number of amides is 1. The van der Waals surface area contributed by atoms with E-state index < -0.39 is 20.0 Å². The van der Waals surface area contributed by atoms with Crippen molar-refractivity contribution < 1.29 is 32.9 Å². The van der Waals surface area contributed by atoms with E-state index in [0.717, 1.165) is 70.6 Å². The Morgan fingerprint density at radius 1 is 0.473 bits per heavy atom. The summed E-state index contributed by atoms with van der Waals surface area (Å²) in [7, 11) is 1.55. The molecule has 3 N–H and O–H groups in total. The van der Waals surface area contributed by atoms with Gasteiger partial charge in [-0.15, -0.1) is 0 Å². The van der Waals surface area contributed by atoms with Crippen LogP contribution in [0.1, 0.15) is 271 Å². The van der Waals surface area contributed by atoms with Gasteiger partial charge >= 0.3 is 7.82 Å². The number of carbonyl (C=O) groups excluding carboxylic acids is 1. The fraction of sp³-hybridized carbons (Fsp3) is 0.769. The molecule has 0 aromatic rings. The molecular formula is C65H120N2O6P+. The number of unbranched alkanes of at least 4 members (excludes halogenated alkanes) is 31. The molecule has 0 radical (unpaired) electrons. The molecule has 0 aromatic heterocycles. The minimum absolute atomic E-state index is 0.0523. The zero-order valence-corrected chi connectivity index (χ0v) is 50.0. The Kier molecular flexibility index (Phi) is 53.7. The van der Waals surface area contributed by atoms with Gasteiger partial charge in [-0.3, -0.25) is 13.8 Å². The van der Waals surface area contributed by atoms with Crippen LogP contribution in [0.2, 0.25) is 0 Å². The molecule has 0 fully saturated rings. The van der Waals surface area contributed by atoms with Gasteiger partial charge in [-0.1, -0.05) is 266 Å². The Bertz CT molecular complexity index is 1480. The molecule has 0 spiro atoms. The van der Waals surface area contributed by atoms with E-state index in [4.69, 9.17) is 9.05 Å². The highest BCUT2D eigenvalue weighted by atomic mass is 31.2. The Balaban J connectivity index is 4.05. The normalized spacial score (nSPS) is 14.4. The Labute approximate surface area is 458 Å². The standard InChI is InChI=1S/C65H119N2O6P/c1-6-8-10-12-14-16-18-20-22-24-25-26-27-28-29-30-31-32-33-34-35-36-37-38-39-40-41-43-45-47-49-51-53-55-57-59-65(69)66-63(62-73-74(70,71)72-61-60-67(3,4)5)64(68)58-56-54-52-50-48-46-44-42-23-21-19-17-15-13-11-9-7-2/h8,10,14,16,20,22-23,25-26,42,48,50,56,58,63-64,68H,6-7,9,11-13,15,17-19,21,24,27-41,43-47,49,51-55,57,59-62H2,1-5H3,(H-,66,69,70,71)/p+1/b10-8-,16-14-,22-20-,26-25-,42-23+,50-48+,58-56+. The van der Waals surface area contributed by atoms with E-state index in [9.17, 15) is 19.4 Å². The zero-order chi connectivity index (χ0) is 54.2. The number of phosphoric acid groups is 1. The molecule has 0 aliphatic heterocycles. The first-order chi connectivity index (χ1) is 36.0. The van der Waals surface area contributed by atoms with Crippen LogP contribution in [0.4, 0.5) is 0 Å². The number of aliphatic hydroxyl groups is 1. The highest BCUT2D eigenvalue weighted by Crippen LogP contribution is 2.43. The third kappa shape index (κ3) is 57.4. The van der Waals surface area contributed by atoms with E-state index in [0.29, 0.717) is 17.4 Å². The number of hydrogen-bond acceptors (Lipinski definition) is 5. The topological polar surface area (TPSA) is 105 Å². The van der Waals surface area contributed by atoms with E-state index in [2.05, 4.69) is 92.1 Å². The highest BCUT2D eigenvalue weighted by molar-refractivity contribution is 7.47. The molecule has 0 rings (SSSR count). The molecule has 430 valence electrons. The fourth-order valence-corrected chi connectivity index (χ4v) is 9.51. The lowest BCUT2D eigenvalue weighted by Gasteiger charge is -2.25. The molecule has 1 amide bonds. The Morgan fingerprint density at radius 2 is 0.824 bits per heavy atom. The first-order valence-electron chi connectivity index (χ1n) is 31.0. The summed E-state index contributed by atoms with van der Waals surface area (Å²) in [6, 6.07) is -0.872. The number of quaternary nitrogens is 1. The first-order valence-corrected chi connectivity index (χ1v) is 32.5. The molecule has 0 aliphatic rings. The number of aliphatic hydroxyl groups excluding tert-OH is 1.